The summed E-state index contributed by atoms with van der Waals surface area (Å²) >= 11 is 0. The molecule has 0 aliphatic carbocycles. The van der Waals surface area contributed by atoms with Gasteiger partial charge in [-0.25, -0.2) is 0 Å². The van der Waals surface area contributed by atoms with Crippen molar-refractivity contribution in [3.8, 4) is 5.75 Å². The van der Waals surface area contributed by atoms with Gasteiger partial charge in [0.2, 0.25) is 0 Å². The molecule has 0 bridgehead atoms. The van der Waals surface area contributed by atoms with E-state index in [0.717, 1.165) is 17.0 Å². The minimum atomic E-state index is 0.0158. The number of rotatable bonds is 5. The van der Waals surface area contributed by atoms with Gasteiger partial charge in [0.1, 0.15) is 11.9 Å². The van der Waals surface area contributed by atoms with E-state index < -0.39 is 0 Å². The van der Waals surface area contributed by atoms with Crippen LogP contribution < -0.4 is 10.5 Å². The molecule has 0 aliphatic heterocycles. The van der Waals surface area contributed by atoms with Gasteiger partial charge in [0, 0.05) is 37.2 Å². The largest absolute Gasteiger partial charge is 0.488 e. The van der Waals surface area contributed by atoms with Crippen molar-refractivity contribution in [1.29, 1.82) is 0 Å². The van der Waals surface area contributed by atoms with E-state index in [0.29, 0.717) is 13.2 Å². The molecule has 0 saturated heterocycles. The van der Waals surface area contributed by atoms with Crippen molar-refractivity contribution < 1.29 is 9.47 Å². The molecule has 1 heterocycles. The highest BCUT2D eigenvalue weighted by Crippen LogP contribution is 2.19. The molecule has 0 saturated carbocycles. The third kappa shape index (κ3) is 3.49. The van der Waals surface area contributed by atoms with Crippen molar-refractivity contribution in [2.45, 2.75) is 26.5 Å². The summed E-state index contributed by atoms with van der Waals surface area (Å²) in [5, 5.41) is 0. The molecule has 4 heteroatoms. The maximum atomic E-state index is 5.71. The summed E-state index contributed by atoms with van der Waals surface area (Å²) in [7, 11) is 1.65. The van der Waals surface area contributed by atoms with Crippen LogP contribution in [0.1, 0.15) is 18.2 Å². The molecule has 2 N–H and O–H groups in total. The lowest BCUT2D eigenvalue weighted by molar-refractivity contribution is 0.0913. The second-order valence-corrected chi connectivity index (χ2v) is 3.52. The number of aromatic nitrogens is 1. The first-order valence-corrected chi connectivity index (χ1v) is 4.98. The maximum Gasteiger partial charge on any atom is 0.127 e. The molecule has 1 rings (SSSR count). The zero-order valence-corrected chi connectivity index (χ0v) is 9.49. The van der Waals surface area contributed by atoms with Crippen LogP contribution in [0.25, 0.3) is 0 Å². The molecule has 0 aliphatic rings. The van der Waals surface area contributed by atoms with E-state index in [2.05, 4.69) is 4.98 Å². The van der Waals surface area contributed by atoms with Crippen LogP contribution in [0.3, 0.4) is 0 Å². The topological polar surface area (TPSA) is 57.4 Å². The van der Waals surface area contributed by atoms with Crippen molar-refractivity contribution in [2.75, 3.05) is 13.7 Å². The Hall–Kier alpha value is -1.13. The normalized spacial score (nSPS) is 12.5. The molecule has 0 spiro atoms. The molecule has 84 valence electrons. The van der Waals surface area contributed by atoms with Gasteiger partial charge in [-0.1, -0.05) is 0 Å². The molecule has 15 heavy (non-hydrogen) atoms. The molecule has 0 aromatic carbocycles. The Labute approximate surface area is 90.4 Å². The number of nitrogens with two attached hydrogens (primary N) is 1. The highest BCUT2D eigenvalue weighted by atomic mass is 16.5. The minimum Gasteiger partial charge on any atom is -0.488 e. The molecule has 0 fully saturated rings. The Morgan fingerprint density at radius 3 is 2.87 bits per heavy atom. The van der Waals surface area contributed by atoms with E-state index >= 15 is 0 Å². The van der Waals surface area contributed by atoms with Crippen molar-refractivity contribution >= 4 is 0 Å². The van der Waals surface area contributed by atoms with Crippen LogP contribution in [-0.4, -0.2) is 24.8 Å². The predicted octanol–water partition coefficient (Wildman–Crippen LogP) is 1.26. The summed E-state index contributed by atoms with van der Waals surface area (Å²) < 4.78 is 10.7. The lowest BCUT2D eigenvalue weighted by Gasteiger charge is -2.16. The van der Waals surface area contributed by atoms with Crippen LogP contribution in [-0.2, 0) is 11.3 Å². The van der Waals surface area contributed by atoms with Crippen LogP contribution in [0, 0.1) is 6.92 Å². The number of aryl methyl sites for hydroxylation is 1. The minimum absolute atomic E-state index is 0.0158. The standard InChI is InChI=1S/C11H18N2O2/c1-8-4-11(10(5-12)6-13-8)15-9(2)7-14-3/h4,6,9H,5,7,12H2,1-3H3. The van der Waals surface area contributed by atoms with Crippen molar-refractivity contribution in [2.24, 2.45) is 5.73 Å². The molecule has 4 nitrogen and oxygen atoms in total. The van der Waals surface area contributed by atoms with E-state index in [9.17, 15) is 0 Å². The average Bonchev–Trinajstić information content (AvgIpc) is 2.18. The fourth-order valence-corrected chi connectivity index (χ4v) is 1.31. The van der Waals surface area contributed by atoms with Crippen LogP contribution >= 0.6 is 0 Å². The molecule has 0 radical (unpaired) electrons. The maximum absolute atomic E-state index is 5.71. The summed E-state index contributed by atoms with van der Waals surface area (Å²) in [6.45, 7) is 4.88. The van der Waals surface area contributed by atoms with Crippen LogP contribution in [0.15, 0.2) is 12.3 Å². The zero-order chi connectivity index (χ0) is 11.3. The number of nitrogens with zero attached hydrogens (tertiary/aromatic N) is 1. The van der Waals surface area contributed by atoms with E-state index in [1.54, 1.807) is 13.3 Å². The number of hydrogen-bond donors (Lipinski definition) is 1. The third-order valence-corrected chi connectivity index (χ3v) is 2.03. The quantitative estimate of drug-likeness (QED) is 0.795. The average molecular weight is 210 g/mol. The van der Waals surface area contributed by atoms with Crippen molar-refractivity contribution in [1.82, 2.24) is 4.98 Å². The van der Waals surface area contributed by atoms with E-state index in [4.69, 9.17) is 15.2 Å². The molecular formula is C11H18N2O2. The molecular weight excluding hydrogens is 192 g/mol. The van der Waals surface area contributed by atoms with Gasteiger partial charge in [-0.2, -0.15) is 0 Å². The van der Waals surface area contributed by atoms with E-state index in [-0.39, 0.29) is 6.10 Å². The summed E-state index contributed by atoms with van der Waals surface area (Å²) in [4.78, 5) is 4.17. The lowest BCUT2D eigenvalue weighted by Crippen LogP contribution is -2.19. The van der Waals surface area contributed by atoms with Gasteiger partial charge in [-0.3, -0.25) is 4.98 Å². The molecule has 1 aromatic rings. The summed E-state index contributed by atoms with van der Waals surface area (Å²) in [6.07, 6.45) is 1.77. The summed E-state index contributed by atoms with van der Waals surface area (Å²) in [5.41, 5.74) is 7.44. The fraction of sp³-hybridized carbons (Fsp3) is 0.545. The SMILES string of the molecule is COCC(C)Oc1cc(C)ncc1CN. The predicted molar refractivity (Wildman–Crippen MR) is 58.8 cm³/mol. The number of ether oxygens (including phenoxy) is 2. The van der Waals surface area contributed by atoms with Crippen LogP contribution in [0.2, 0.25) is 0 Å². The number of methoxy groups -OCH3 is 1. The van der Waals surface area contributed by atoms with Crippen molar-refractivity contribution in [3.05, 3.63) is 23.5 Å². The lowest BCUT2D eigenvalue weighted by atomic mass is 10.2. The third-order valence-electron chi connectivity index (χ3n) is 2.03. The first-order chi connectivity index (χ1) is 7.17. The van der Waals surface area contributed by atoms with E-state index in [1.165, 1.54) is 0 Å². The first-order valence-electron chi connectivity index (χ1n) is 4.98. The Morgan fingerprint density at radius 2 is 2.27 bits per heavy atom. The monoisotopic (exact) mass is 210 g/mol. The van der Waals surface area contributed by atoms with Gasteiger partial charge in [0.05, 0.1) is 6.61 Å². The van der Waals surface area contributed by atoms with Crippen LogP contribution in [0.4, 0.5) is 0 Å². The first kappa shape index (κ1) is 11.9. The highest BCUT2D eigenvalue weighted by molar-refractivity contribution is 5.32. The van der Waals surface area contributed by atoms with Gasteiger partial charge in [0.15, 0.2) is 0 Å². The molecule has 1 aromatic heterocycles. The molecule has 1 unspecified atom stereocenters. The number of pyridine rings is 1. The highest BCUT2D eigenvalue weighted by Gasteiger charge is 2.08. The van der Waals surface area contributed by atoms with Gasteiger partial charge in [-0.15, -0.1) is 0 Å². The second kappa shape index (κ2) is 5.68. The Bertz CT molecular complexity index is 315. The van der Waals surface area contributed by atoms with E-state index in [1.807, 2.05) is 19.9 Å². The molecule has 1 atom stereocenters. The second-order valence-electron chi connectivity index (χ2n) is 3.52. The Kier molecular flexibility index (Phi) is 4.52. The van der Waals surface area contributed by atoms with Gasteiger partial charge in [-0.05, 0) is 13.8 Å². The number of hydrogen-bond acceptors (Lipinski definition) is 4. The smallest absolute Gasteiger partial charge is 0.127 e. The summed E-state index contributed by atoms with van der Waals surface area (Å²) in [6, 6.07) is 1.90. The van der Waals surface area contributed by atoms with Gasteiger partial charge < -0.3 is 15.2 Å². The van der Waals surface area contributed by atoms with Crippen molar-refractivity contribution in [3.63, 3.8) is 0 Å². The van der Waals surface area contributed by atoms with Crippen LogP contribution in [0.5, 0.6) is 5.75 Å². The zero-order valence-electron chi connectivity index (χ0n) is 9.49. The Morgan fingerprint density at radius 1 is 1.53 bits per heavy atom. The van der Waals surface area contributed by atoms with Gasteiger partial charge >= 0.3 is 0 Å². The molecule has 0 amide bonds. The Balaban J connectivity index is 2.77. The van der Waals surface area contributed by atoms with Gasteiger partial charge in [0.25, 0.3) is 0 Å². The summed E-state index contributed by atoms with van der Waals surface area (Å²) in [5.74, 6) is 0.801. The fourth-order valence-electron chi connectivity index (χ4n) is 1.31.